The molecule has 1 N–H and O–H groups in total. The first kappa shape index (κ1) is 20.6. The molecule has 0 fully saturated rings. The van der Waals surface area contributed by atoms with Crippen LogP contribution in [-0.2, 0) is 6.42 Å². The molecule has 2 heterocycles. The van der Waals surface area contributed by atoms with E-state index in [2.05, 4.69) is 6.92 Å². The molecule has 1 atom stereocenters. The lowest BCUT2D eigenvalue weighted by Crippen LogP contribution is -2.17. The summed E-state index contributed by atoms with van der Waals surface area (Å²) >= 11 is 0. The summed E-state index contributed by atoms with van der Waals surface area (Å²) in [4.78, 5) is 27.4. The number of nitrogens with zero attached hydrogens (tertiary/aromatic N) is 2. The third-order valence-corrected chi connectivity index (χ3v) is 5.94. The van der Waals surface area contributed by atoms with Gasteiger partial charge in [-0.05, 0) is 66.3 Å². The number of carboxylic acid groups (broad SMARTS) is 1. The molecule has 33 heavy (non-hydrogen) atoms. The number of carboxylic acids is 1. The van der Waals surface area contributed by atoms with E-state index in [0.717, 1.165) is 23.1 Å². The minimum absolute atomic E-state index is 0.0213. The van der Waals surface area contributed by atoms with Gasteiger partial charge in [-0.2, -0.15) is 0 Å². The van der Waals surface area contributed by atoms with Gasteiger partial charge in [0.2, 0.25) is 0 Å². The summed E-state index contributed by atoms with van der Waals surface area (Å²) in [7, 11) is 0. The number of para-hydroxylation sites is 1. The standard InChI is InChI=1S/C26H20N2O5/c1-15-12-17(14-19-10-11-23(33-19)16-6-8-18(9-7-16)28(31)32)25-21(13-15)24(26(29)30)20-4-2-3-5-22(20)27-25/h2-11,14-15H,12-13H2,1H3,(H,29,30)/b17-14+. The van der Waals surface area contributed by atoms with Crippen molar-refractivity contribution < 1.29 is 19.2 Å². The van der Waals surface area contributed by atoms with Crippen LogP contribution in [0.2, 0.25) is 0 Å². The number of furan rings is 1. The van der Waals surface area contributed by atoms with Crippen LogP contribution in [0.4, 0.5) is 5.69 Å². The van der Waals surface area contributed by atoms with Crippen molar-refractivity contribution in [2.24, 2.45) is 5.92 Å². The Hall–Kier alpha value is -4.26. The lowest BCUT2D eigenvalue weighted by atomic mass is 9.81. The van der Waals surface area contributed by atoms with E-state index >= 15 is 0 Å². The van der Waals surface area contributed by atoms with Crippen molar-refractivity contribution in [2.45, 2.75) is 19.8 Å². The highest BCUT2D eigenvalue weighted by molar-refractivity contribution is 6.05. The Morgan fingerprint density at radius 2 is 1.88 bits per heavy atom. The number of pyridine rings is 1. The second-order valence-corrected chi connectivity index (χ2v) is 8.33. The number of aromatic carboxylic acids is 1. The van der Waals surface area contributed by atoms with Crippen molar-refractivity contribution in [1.29, 1.82) is 0 Å². The van der Waals surface area contributed by atoms with E-state index in [9.17, 15) is 20.0 Å². The second kappa shape index (κ2) is 8.02. The molecule has 0 saturated heterocycles. The van der Waals surface area contributed by atoms with Crippen LogP contribution in [0.3, 0.4) is 0 Å². The molecule has 2 aromatic heterocycles. The van der Waals surface area contributed by atoms with Crippen LogP contribution in [0.5, 0.6) is 0 Å². The quantitative estimate of drug-likeness (QED) is 0.298. The predicted octanol–water partition coefficient (Wildman–Crippen LogP) is 6.22. The smallest absolute Gasteiger partial charge is 0.336 e. The van der Waals surface area contributed by atoms with Crippen molar-refractivity contribution in [3.8, 4) is 11.3 Å². The number of non-ortho nitro benzene ring substituents is 1. The Balaban J connectivity index is 1.58. The van der Waals surface area contributed by atoms with Crippen LogP contribution in [0.1, 0.15) is 40.7 Å². The van der Waals surface area contributed by atoms with Crippen LogP contribution in [0, 0.1) is 16.0 Å². The molecule has 0 aliphatic heterocycles. The largest absolute Gasteiger partial charge is 0.478 e. The van der Waals surface area contributed by atoms with E-state index in [1.165, 1.54) is 12.1 Å². The van der Waals surface area contributed by atoms with Gasteiger partial charge in [-0.15, -0.1) is 0 Å². The summed E-state index contributed by atoms with van der Waals surface area (Å²) in [5.41, 5.74) is 4.12. The molecule has 164 valence electrons. The first-order valence-corrected chi connectivity index (χ1v) is 10.6. The monoisotopic (exact) mass is 440 g/mol. The van der Waals surface area contributed by atoms with Gasteiger partial charge in [-0.3, -0.25) is 10.1 Å². The fourth-order valence-corrected chi connectivity index (χ4v) is 4.48. The Labute approximate surface area is 189 Å². The van der Waals surface area contributed by atoms with Crippen LogP contribution < -0.4 is 0 Å². The molecule has 2 aromatic carbocycles. The van der Waals surface area contributed by atoms with Gasteiger partial charge in [-0.25, -0.2) is 9.78 Å². The number of rotatable bonds is 4. The Morgan fingerprint density at radius 3 is 2.61 bits per heavy atom. The summed E-state index contributed by atoms with van der Waals surface area (Å²) in [5.74, 6) is 0.523. The zero-order valence-corrected chi connectivity index (χ0v) is 17.8. The number of allylic oxidation sites excluding steroid dienone is 1. The zero-order chi connectivity index (χ0) is 23.1. The highest BCUT2D eigenvalue weighted by Gasteiger charge is 2.28. The molecule has 7 nitrogen and oxygen atoms in total. The molecular formula is C26H20N2O5. The average Bonchev–Trinajstić information content (AvgIpc) is 3.26. The average molecular weight is 440 g/mol. The number of hydrogen-bond donors (Lipinski definition) is 1. The van der Waals surface area contributed by atoms with E-state index in [-0.39, 0.29) is 11.6 Å². The SMILES string of the molecule is CC1C/C(=C\c2ccc(-c3ccc([N+](=O)[O-])cc3)o2)c2nc3ccccc3c(C(=O)O)c2C1. The summed E-state index contributed by atoms with van der Waals surface area (Å²) in [6.45, 7) is 2.10. The predicted molar refractivity (Wildman–Crippen MR) is 125 cm³/mol. The minimum Gasteiger partial charge on any atom is -0.478 e. The van der Waals surface area contributed by atoms with Crippen molar-refractivity contribution in [1.82, 2.24) is 4.98 Å². The van der Waals surface area contributed by atoms with E-state index in [0.29, 0.717) is 40.1 Å². The first-order chi connectivity index (χ1) is 15.9. The fraction of sp³-hybridized carbons (Fsp3) is 0.154. The fourth-order valence-electron chi connectivity index (χ4n) is 4.48. The van der Waals surface area contributed by atoms with Gasteiger partial charge in [0.05, 0.1) is 21.7 Å². The molecule has 1 aliphatic carbocycles. The van der Waals surface area contributed by atoms with Gasteiger partial charge in [0, 0.05) is 23.1 Å². The number of nitro benzene ring substituents is 1. The molecular weight excluding hydrogens is 420 g/mol. The van der Waals surface area contributed by atoms with Crippen molar-refractivity contribution in [3.63, 3.8) is 0 Å². The minimum atomic E-state index is -0.947. The highest BCUT2D eigenvalue weighted by atomic mass is 16.6. The molecule has 7 heteroatoms. The topological polar surface area (TPSA) is 106 Å². The molecule has 4 aromatic rings. The highest BCUT2D eigenvalue weighted by Crippen LogP contribution is 2.39. The Kier molecular flexibility index (Phi) is 5.01. The number of nitro groups is 1. The molecule has 1 aliphatic rings. The molecule has 0 bridgehead atoms. The van der Waals surface area contributed by atoms with Gasteiger partial charge >= 0.3 is 5.97 Å². The molecule has 0 radical (unpaired) electrons. The van der Waals surface area contributed by atoms with Crippen molar-refractivity contribution in [2.75, 3.05) is 0 Å². The Morgan fingerprint density at radius 1 is 1.12 bits per heavy atom. The van der Waals surface area contributed by atoms with Gasteiger partial charge in [0.25, 0.3) is 5.69 Å². The summed E-state index contributed by atoms with van der Waals surface area (Å²) < 4.78 is 6.00. The number of aromatic nitrogens is 1. The van der Waals surface area contributed by atoms with Crippen LogP contribution in [-0.4, -0.2) is 21.0 Å². The van der Waals surface area contributed by atoms with Gasteiger partial charge in [0.1, 0.15) is 11.5 Å². The maximum Gasteiger partial charge on any atom is 0.336 e. The molecule has 0 saturated carbocycles. The third-order valence-electron chi connectivity index (χ3n) is 5.94. The van der Waals surface area contributed by atoms with E-state index in [1.807, 2.05) is 36.4 Å². The molecule has 0 spiro atoms. The van der Waals surface area contributed by atoms with Crippen molar-refractivity contribution >= 4 is 34.2 Å². The maximum atomic E-state index is 12.2. The second-order valence-electron chi connectivity index (χ2n) is 8.33. The number of carbonyl (C=O) groups is 1. The number of benzene rings is 2. The van der Waals surface area contributed by atoms with Crippen LogP contribution in [0.25, 0.3) is 33.9 Å². The molecule has 0 amide bonds. The van der Waals surface area contributed by atoms with Crippen LogP contribution >= 0.6 is 0 Å². The van der Waals surface area contributed by atoms with E-state index in [4.69, 9.17) is 9.40 Å². The first-order valence-electron chi connectivity index (χ1n) is 10.6. The lowest BCUT2D eigenvalue weighted by Gasteiger charge is -2.25. The summed E-state index contributed by atoms with van der Waals surface area (Å²) in [6.07, 6.45) is 3.32. The Bertz CT molecular complexity index is 1430. The third kappa shape index (κ3) is 3.78. The van der Waals surface area contributed by atoms with E-state index in [1.54, 1.807) is 18.2 Å². The molecule has 5 rings (SSSR count). The normalized spacial score (nSPS) is 16.6. The van der Waals surface area contributed by atoms with Gasteiger partial charge in [-0.1, -0.05) is 25.1 Å². The van der Waals surface area contributed by atoms with Gasteiger partial charge < -0.3 is 9.52 Å². The van der Waals surface area contributed by atoms with Crippen molar-refractivity contribution in [3.05, 3.63) is 93.4 Å². The van der Waals surface area contributed by atoms with Crippen LogP contribution in [0.15, 0.2) is 65.1 Å². The van der Waals surface area contributed by atoms with Gasteiger partial charge in [0.15, 0.2) is 0 Å². The lowest BCUT2D eigenvalue weighted by molar-refractivity contribution is -0.384. The summed E-state index contributed by atoms with van der Waals surface area (Å²) in [6, 6.07) is 17.2. The zero-order valence-electron chi connectivity index (χ0n) is 17.8. The van der Waals surface area contributed by atoms with E-state index < -0.39 is 10.9 Å². The number of fused-ring (bicyclic) bond motifs is 2. The number of hydrogen-bond acceptors (Lipinski definition) is 5. The summed E-state index contributed by atoms with van der Waals surface area (Å²) in [5, 5.41) is 21.5. The maximum absolute atomic E-state index is 12.2. The molecule has 1 unspecified atom stereocenters.